The highest BCUT2D eigenvalue weighted by molar-refractivity contribution is 5.79. The average molecular weight is 634 g/mol. The third kappa shape index (κ3) is 9.11. The Labute approximate surface area is 264 Å². The van der Waals surface area contributed by atoms with Crippen LogP contribution in [-0.2, 0) is 19.0 Å². The van der Waals surface area contributed by atoms with Gasteiger partial charge in [0.05, 0.1) is 42.7 Å². The van der Waals surface area contributed by atoms with E-state index in [0.717, 1.165) is 0 Å². The summed E-state index contributed by atoms with van der Waals surface area (Å²) in [5, 5.41) is 57.8. The van der Waals surface area contributed by atoms with Gasteiger partial charge < -0.3 is 55.3 Å². The smallest absolute Gasteiger partial charge is 0.225 e. The van der Waals surface area contributed by atoms with Crippen LogP contribution in [0.15, 0.2) is 0 Å². The molecule has 2 fully saturated rings. The lowest BCUT2D eigenvalue weighted by Gasteiger charge is -2.46. The van der Waals surface area contributed by atoms with Crippen molar-refractivity contribution in [1.82, 2.24) is 9.80 Å². The van der Waals surface area contributed by atoms with Gasteiger partial charge >= 0.3 is 0 Å². The number of likely N-dealkylation sites (N-methyl/N-ethyl adjacent to an activating group) is 1. The minimum atomic E-state index is -1.71. The molecular formula is C32H63N3O9. The molecule has 0 bridgehead atoms. The first-order valence-electron chi connectivity index (χ1n) is 16.4. The molecule has 0 radical (unpaired) electrons. The summed E-state index contributed by atoms with van der Waals surface area (Å²) in [5.41, 5.74) is 2.43. The number of rotatable bonds is 7. The van der Waals surface area contributed by atoms with Gasteiger partial charge in [-0.1, -0.05) is 27.7 Å². The van der Waals surface area contributed by atoms with Crippen molar-refractivity contribution in [2.24, 2.45) is 23.5 Å². The maximum atomic E-state index is 14.0. The minimum absolute atomic E-state index is 0.0379. The second-order valence-electron chi connectivity index (χ2n) is 14.2. The van der Waals surface area contributed by atoms with Crippen molar-refractivity contribution in [3.8, 4) is 0 Å². The fourth-order valence-electron chi connectivity index (χ4n) is 7.13. The molecule has 12 nitrogen and oxygen atoms in total. The van der Waals surface area contributed by atoms with Crippen LogP contribution in [0.3, 0.4) is 0 Å². The Morgan fingerprint density at radius 2 is 1.68 bits per heavy atom. The topological polar surface area (TPSA) is 178 Å². The molecule has 2 saturated heterocycles. The number of nitrogens with two attached hydrogens (primary N) is 1. The van der Waals surface area contributed by atoms with Crippen LogP contribution in [0.4, 0.5) is 0 Å². The summed E-state index contributed by atoms with van der Waals surface area (Å²) in [6.07, 6.45) is -5.10. The van der Waals surface area contributed by atoms with Gasteiger partial charge in [0.2, 0.25) is 5.91 Å². The molecule has 0 aromatic rings. The zero-order valence-corrected chi connectivity index (χ0v) is 28.7. The molecule has 7 N–H and O–H groups in total. The molecule has 0 spiro atoms. The summed E-state index contributed by atoms with van der Waals surface area (Å²) in [7, 11) is 3.75. The van der Waals surface area contributed by atoms with Gasteiger partial charge in [0, 0.05) is 30.3 Å². The lowest BCUT2D eigenvalue weighted by Crippen LogP contribution is -2.60. The molecule has 0 aliphatic carbocycles. The van der Waals surface area contributed by atoms with Crippen LogP contribution in [0.2, 0.25) is 0 Å². The SMILES string of the molecule is CC[C@H]1OC[C@@H](C)[C@H](O)[C@H](C)[C@@H](O[C@@H]2O[C@H](C)C[C@H](N(C)C)[C@H]2O)[C@](C)(O)C[C@@H](C)C(=O)N(CCCN)[C@H](C)[C@@H](O)[C@]1(C)O. The monoisotopic (exact) mass is 633 g/mol. The second kappa shape index (κ2) is 16.3. The fourth-order valence-corrected chi connectivity index (χ4v) is 7.13. The highest BCUT2D eigenvalue weighted by Gasteiger charge is 2.49. The molecule has 2 aliphatic heterocycles. The van der Waals surface area contributed by atoms with Gasteiger partial charge in [0.1, 0.15) is 17.8 Å². The van der Waals surface area contributed by atoms with Gasteiger partial charge in [0.15, 0.2) is 6.29 Å². The number of ether oxygens (including phenoxy) is 3. The van der Waals surface area contributed by atoms with Crippen LogP contribution < -0.4 is 5.73 Å². The maximum Gasteiger partial charge on any atom is 0.225 e. The number of carbonyl (C=O) groups excluding carboxylic acids is 1. The van der Waals surface area contributed by atoms with E-state index in [2.05, 4.69) is 0 Å². The normalized spacial score (nSPS) is 45.7. The molecule has 0 saturated carbocycles. The molecule has 1 amide bonds. The quantitative estimate of drug-likeness (QED) is 0.232. The van der Waals surface area contributed by atoms with Crippen molar-refractivity contribution in [2.45, 2.75) is 147 Å². The summed E-state index contributed by atoms with van der Waals surface area (Å²) in [5.74, 6) is -2.19. The van der Waals surface area contributed by atoms with Gasteiger partial charge in [-0.2, -0.15) is 0 Å². The number of hydrogen-bond acceptors (Lipinski definition) is 11. The van der Waals surface area contributed by atoms with E-state index < -0.39 is 71.8 Å². The predicted molar refractivity (Wildman–Crippen MR) is 168 cm³/mol. The predicted octanol–water partition coefficient (Wildman–Crippen LogP) is 0.695. The van der Waals surface area contributed by atoms with E-state index >= 15 is 0 Å². The summed E-state index contributed by atoms with van der Waals surface area (Å²) >= 11 is 0. The van der Waals surface area contributed by atoms with Crippen molar-refractivity contribution in [2.75, 3.05) is 33.8 Å². The number of aliphatic hydroxyl groups is 5. The number of carbonyl (C=O) groups is 1. The van der Waals surface area contributed by atoms with Gasteiger partial charge in [-0.15, -0.1) is 0 Å². The van der Waals surface area contributed by atoms with E-state index in [0.29, 0.717) is 25.8 Å². The lowest BCUT2D eigenvalue weighted by molar-refractivity contribution is -0.299. The Bertz CT molecular complexity index is 891. The van der Waals surface area contributed by atoms with Crippen molar-refractivity contribution in [3.63, 3.8) is 0 Å². The zero-order valence-electron chi connectivity index (χ0n) is 28.7. The maximum absolute atomic E-state index is 14.0. The molecule has 0 aromatic carbocycles. The Morgan fingerprint density at radius 3 is 2.23 bits per heavy atom. The molecule has 2 aliphatic rings. The van der Waals surface area contributed by atoms with E-state index in [9.17, 15) is 30.3 Å². The highest BCUT2D eigenvalue weighted by Crippen LogP contribution is 2.36. The van der Waals surface area contributed by atoms with Crippen molar-refractivity contribution < 1.29 is 44.5 Å². The van der Waals surface area contributed by atoms with E-state index in [1.807, 2.05) is 39.8 Å². The Kier molecular flexibility index (Phi) is 14.5. The third-order valence-electron chi connectivity index (χ3n) is 9.93. The van der Waals surface area contributed by atoms with Crippen molar-refractivity contribution in [1.29, 1.82) is 0 Å². The molecule has 14 atom stereocenters. The first kappa shape index (κ1) is 39.2. The van der Waals surface area contributed by atoms with Crippen LogP contribution >= 0.6 is 0 Å². The van der Waals surface area contributed by atoms with Gasteiger partial charge in [-0.25, -0.2) is 0 Å². The number of amides is 1. The number of hydrogen-bond donors (Lipinski definition) is 6. The van der Waals surface area contributed by atoms with E-state index in [1.165, 1.54) is 11.8 Å². The summed E-state index contributed by atoms with van der Waals surface area (Å²) in [6, 6.07) is -1.03. The Morgan fingerprint density at radius 1 is 1.07 bits per heavy atom. The molecule has 260 valence electrons. The molecule has 0 unspecified atom stereocenters. The Hall–Kier alpha value is -0.930. The third-order valence-corrected chi connectivity index (χ3v) is 9.93. The zero-order chi connectivity index (χ0) is 33.7. The Balaban J connectivity index is 2.58. The van der Waals surface area contributed by atoms with Crippen LogP contribution in [0.5, 0.6) is 0 Å². The molecular weight excluding hydrogens is 570 g/mol. The van der Waals surface area contributed by atoms with E-state index in [-0.39, 0.29) is 37.6 Å². The highest BCUT2D eigenvalue weighted by atomic mass is 16.7. The van der Waals surface area contributed by atoms with Crippen molar-refractivity contribution >= 4 is 5.91 Å². The van der Waals surface area contributed by atoms with E-state index in [1.54, 1.807) is 27.7 Å². The number of nitrogens with zero attached hydrogens (tertiary/aromatic N) is 2. The summed E-state index contributed by atoms with van der Waals surface area (Å²) < 4.78 is 18.6. The summed E-state index contributed by atoms with van der Waals surface area (Å²) in [4.78, 5) is 17.4. The molecule has 2 heterocycles. The van der Waals surface area contributed by atoms with E-state index in [4.69, 9.17) is 19.9 Å². The molecule has 0 aromatic heterocycles. The second-order valence-corrected chi connectivity index (χ2v) is 14.2. The molecule has 44 heavy (non-hydrogen) atoms. The average Bonchev–Trinajstić information content (AvgIpc) is 2.94. The summed E-state index contributed by atoms with van der Waals surface area (Å²) in [6.45, 7) is 14.4. The van der Waals surface area contributed by atoms with Crippen LogP contribution in [-0.4, -0.2) is 141 Å². The van der Waals surface area contributed by atoms with Crippen LogP contribution in [0.1, 0.15) is 81.1 Å². The van der Waals surface area contributed by atoms with Gasteiger partial charge in [0.25, 0.3) is 0 Å². The fraction of sp³-hybridized carbons (Fsp3) is 0.969. The lowest BCUT2D eigenvalue weighted by atomic mass is 9.78. The van der Waals surface area contributed by atoms with Gasteiger partial charge in [-0.05, 0) is 74.0 Å². The minimum Gasteiger partial charge on any atom is -0.392 e. The molecule has 2 rings (SSSR count). The standard InChI is InChI=1S/C32H63N3O9/c1-11-24-32(8,41)27(38)22(6)35(14-12-13-33)29(39)18(2)16-31(7,40)28(21(5)25(36)19(3)17-42-24)44-30-26(37)23(34(9)10)15-20(4)43-30/h18-28,30,36-38,40-41H,11-17,33H2,1-10H3/t18-,19-,20-,21+,22-,23+,24-,25+,26-,27-,28-,30+,31-,32-/m1/s1. The first-order chi connectivity index (χ1) is 20.3. The first-order valence-corrected chi connectivity index (χ1v) is 16.4. The van der Waals surface area contributed by atoms with Crippen molar-refractivity contribution in [3.05, 3.63) is 0 Å². The molecule has 12 heteroatoms. The van der Waals surface area contributed by atoms with Crippen LogP contribution in [0.25, 0.3) is 0 Å². The number of aliphatic hydroxyl groups excluding tert-OH is 3. The van der Waals surface area contributed by atoms with Gasteiger partial charge in [-0.3, -0.25) is 4.79 Å². The largest absolute Gasteiger partial charge is 0.392 e. The van der Waals surface area contributed by atoms with Crippen LogP contribution in [0, 0.1) is 17.8 Å².